The number of aromatic nitrogens is 1. The lowest BCUT2D eigenvalue weighted by atomic mass is 9.84. The third kappa shape index (κ3) is 2.50. The molecule has 0 unspecified atom stereocenters. The molecule has 1 aromatic rings. The minimum Gasteiger partial charge on any atom is -0.391 e. The molecule has 0 spiro atoms. The van der Waals surface area contributed by atoms with Gasteiger partial charge in [-0.2, -0.15) is 0 Å². The third-order valence-electron chi connectivity index (χ3n) is 4.42. The highest BCUT2D eigenvalue weighted by Gasteiger charge is 2.39. The van der Waals surface area contributed by atoms with Gasteiger partial charge in [0.1, 0.15) is 0 Å². The van der Waals surface area contributed by atoms with E-state index in [0.29, 0.717) is 19.4 Å². The van der Waals surface area contributed by atoms with Gasteiger partial charge in [0.25, 0.3) is 0 Å². The first-order valence-electron chi connectivity index (χ1n) is 7.13. The smallest absolute Gasteiger partial charge is 0.226 e. The molecule has 3 rings (SSSR count). The quantitative estimate of drug-likeness (QED) is 0.893. The Morgan fingerprint density at radius 3 is 2.89 bits per heavy atom. The van der Waals surface area contributed by atoms with Crippen LogP contribution in [0.1, 0.15) is 31.2 Å². The number of carbonyl (C=O) groups excluding carboxylic acids is 1. The van der Waals surface area contributed by atoms with Crippen molar-refractivity contribution in [3.05, 3.63) is 30.1 Å². The molecule has 1 amide bonds. The van der Waals surface area contributed by atoms with Crippen molar-refractivity contribution >= 4 is 5.91 Å². The first-order chi connectivity index (χ1) is 9.25. The normalized spacial score (nSPS) is 27.3. The number of nitrogens with zero attached hydrogens (tertiary/aromatic N) is 2. The third-order valence-corrected chi connectivity index (χ3v) is 4.42. The van der Waals surface area contributed by atoms with Crippen LogP contribution in [-0.4, -0.2) is 39.6 Å². The fourth-order valence-electron chi connectivity index (χ4n) is 3.01. The summed E-state index contributed by atoms with van der Waals surface area (Å²) in [6.45, 7) is 0.696. The van der Waals surface area contributed by atoms with E-state index in [9.17, 15) is 9.90 Å². The number of aliphatic hydroxyl groups is 1. The van der Waals surface area contributed by atoms with Gasteiger partial charge in [-0.1, -0.05) is 12.5 Å². The number of aliphatic hydroxyl groups excluding tert-OH is 1. The Kier molecular flexibility index (Phi) is 3.51. The van der Waals surface area contributed by atoms with E-state index >= 15 is 0 Å². The van der Waals surface area contributed by atoms with Gasteiger partial charge in [-0.15, -0.1) is 0 Å². The number of rotatable bonds is 3. The molecule has 2 heterocycles. The zero-order valence-corrected chi connectivity index (χ0v) is 11.0. The summed E-state index contributed by atoms with van der Waals surface area (Å²) in [5, 5.41) is 10.1. The minimum absolute atomic E-state index is 0.0719. The molecule has 4 nitrogen and oxygen atoms in total. The summed E-state index contributed by atoms with van der Waals surface area (Å²) in [4.78, 5) is 18.4. The molecule has 102 valence electrons. The second-order valence-corrected chi connectivity index (χ2v) is 5.65. The van der Waals surface area contributed by atoms with E-state index in [0.717, 1.165) is 18.4 Å². The van der Waals surface area contributed by atoms with Crippen LogP contribution in [-0.2, 0) is 11.2 Å². The predicted molar refractivity (Wildman–Crippen MR) is 71.4 cm³/mol. The number of hydrogen-bond donors (Lipinski definition) is 1. The number of carbonyl (C=O) groups is 1. The van der Waals surface area contributed by atoms with Crippen LogP contribution < -0.4 is 0 Å². The first kappa shape index (κ1) is 12.6. The minimum atomic E-state index is -0.399. The summed E-state index contributed by atoms with van der Waals surface area (Å²) in [5.74, 6) is 0.457. The summed E-state index contributed by atoms with van der Waals surface area (Å²) < 4.78 is 0. The summed E-state index contributed by atoms with van der Waals surface area (Å²) in [6, 6.07) is 3.83. The van der Waals surface area contributed by atoms with Gasteiger partial charge in [-0.25, -0.2) is 0 Å². The highest BCUT2D eigenvalue weighted by Crippen LogP contribution is 2.32. The summed E-state index contributed by atoms with van der Waals surface area (Å²) in [5.41, 5.74) is 1.08. The van der Waals surface area contributed by atoms with Crippen molar-refractivity contribution in [3.63, 3.8) is 0 Å². The summed E-state index contributed by atoms with van der Waals surface area (Å²) >= 11 is 0. The molecule has 1 N–H and O–H groups in total. The largest absolute Gasteiger partial charge is 0.391 e. The molecule has 0 radical (unpaired) electrons. The molecule has 1 saturated carbocycles. The molecule has 19 heavy (non-hydrogen) atoms. The van der Waals surface area contributed by atoms with Gasteiger partial charge in [0.15, 0.2) is 0 Å². The van der Waals surface area contributed by atoms with Gasteiger partial charge in [-0.3, -0.25) is 9.78 Å². The molecule has 0 bridgehead atoms. The zero-order valence-electron chi connectivity index (χ0n) is 11.0. The first-order valence-corrected chi connectivity index (χ1v) is 7.13. The van der Waals surface area contributed by atoms with Gasteiger partial charge >= 0.3 is 0 Å². The van der Waals surface area contributed by atoms with Crippen molar-refractivity contribution in [2.75, 3.05) is 6.54 Å². The molecule has 2 fully saturated rings. The molecular formula is C15H20N2O2. The van der Waals surface area contributed by atoms with E-state index in [4.69, 9.17) is 0 Å². The fraction of sp³-hybridized carbons (Fsp3) is 0.600. The summed E-state index contributed by atoms with van der Waals surface area (Å²) in [6.07, 6.45) is 7.76. The highest BCUT2D eigenvalue weighted by atomic mass is 16.3. The Morgan fingerprint density at radius 1 is 1.42 bits per heavy atom. The van der Waals surface area contributed by atoms with Gasteiger partial charge in [-0.05, 0) is 37.3 Å². The van der Waals surface area contributed by atoms with E-state index in [1.165, 1.54) is 6.42 Å². The van der Waals surface area contributed by atoms with Gasteiger partial charge in [0.05, 0.1) is 12.1 Å². The molecule has 1 aromatic heterocycles. The van der Waals surface area contributed by atoms with E-state index in [2.05, 4.69) is 4.98 Å². The van der Waals surface area contributed by atoms with Gasteiger partial charge in [0.2, 0.25) is 5.91 Å². The number of hydrogen-bond acceptors (Lipinski definition) is 3. The predicted octanol–water partition coefficient (Wildman–Crippen LogP) is 1.39. The second kappa shape index (κ2) is 5.29. The van der Waals surface area contributed by atoms with Gasteiger partial charge < -0.3 is 10.0 Å². The Labute approximate surface area is 113 Å². The Hall–Kier alpha value is -1.42. The number of pyridine rings is 1. The topological polar surface area (TPSA) is 53.4 Å². The fourth-order valence-corrected chi connectivity index (χ4v) is 3.01. The maximum atomic E-state index is 12.4. The molecule has 2 atom stereocenters. The maximum absolute atomic E-state index is 12.4. The van der Waals surface area contributed by atoms with Crippen molar-refractivity contribution in [1.29, 1.82) is 0 Å². The van der Waals surface area contributed by atoms with Crippen LogP contribution in [0, 0.1) is 5.92 Å². The van der Waals surface area contributed by atoms with E-state index in [-0.39, 0.29) is 17.9 Å². The maximum Gasteiger partial charge on any atom is 0.226 e. The molecule has 1 aliphatic carbocycles. The summed E-state index contributed by atoms with van der Waals surface area (Å²) in [7, 11) is 0. The zero-order chi connectivity index (χ0) is 13.2. The molecule has 1 saturated heterocycles. The Bertz CT molecular complexity index is 445. The van der Waals surface area contributed by atoms with Gasteiger partial charge in [0, 0.05) is 24.9 Å². The monoisotopic (exact) mass is 260 g/mol. The van der Waals surface area contributed by atoms with Crippen LogP contribution >= 0.6 is 0 Å². The lowest BCUT2D eigenvalue weighted by molar-refractivity contribution is -0.139. The van der Waals surface area contributed by atoms with E-state index in [1.807, 2.05) is 23.2 Å². The van der Waals surface area contributed by atoms with Crippen molar-refractivity contribution < 1.29 is 9.90 Å². The molecule has 0 aromatic carbocycles. The van der Waals surface area contributed by atoms with E-state index in [1.54, 1.807) is 6.20 Å². The SMILES string of the molecule is O=C(C1CCC1)N1CC[C@@H](O)[C@H]1Cc1cccnc1. The highest BCUT2D eigenvalue weighted by molar-refractivity contribution is 5.80. The average Bonchev–Trinajstić information content (AvgIpc) is 2.70. The number of likely N-dealkylation sites (tertiary alicyclic amines) is 1. The molecular weight excluding hydrogens is 240 g/mol. The average molecular weight is 260 g/mol. The Balaban J connectivity index is 1.71. The standard InChI is InChI=1S/C15H20N2O2/c18-14-6-8-17(15(19)12-4-1-5-12)13(14)9-11-3-2-7-16-10-11/h2-3,7,10,12-14,18H,1,4-6,8-9H2/t13-,14-/m1/s1. The molecule has 4 heteroatoms. The van der Waals surface area contributed by atoms with Crippen molar-refractivity contribution in [3.8, 4) is 0 Å². The molecule has 2 aliphatic rings. The lowest BCUT2D eigenvalue weighted by Gasteiger charge is -2.33. The van der Waals surface area contributed by atoms with Crippen molar-refractivity contribution in [2.45, 2.75) is 44.2 Å². The number of amides is 1. The molecule has 1 aliphatic heterocycles. The Morgan fingerprint density at radius 2 is 2.26 bits per heavy atom. The van der Waals surface area contributed by atoms with Crippen LogP contribution in [0.25, 0.3) is 0 Å². The van der Waals surface area contributed by atoms with Crippen LogP contribution in [0.3, 0.4) is 0 Å². The van der Waals surface area contributed by atoms with Crippen LogP contribution in [0.2, 0.25) is 0 Å². The van der Waals surface area contributed by atoms with Crippen molar-refractivity contribution in [2.24, 2.45) is 5.92 Å². The van der Waals surface area contributed by atoms with Crippen molar-refractivity contribution in [1.82, 2.24) is 9.88 Å². The van der Waals surface area contributed by atoms with Crippen LogP contribution in [0.15, 0.2) is 24.5 Å². The van der Waals surface area contributed by atoms with Crippen LogP contribution in [0.5, 0.6) is 0 Å². The lowest BCUT2D eigenvalue weighted by Crippen LogP contribution is -2.45. The van der Waals surface area contributed by atoms with Crippen LogP contribution in [0.4, 0.5) is 0 Å². The van der Waals surface area contributed by atoms with E-state index < -0.39 is 6.10 Å². The second-order valence-electron chi connectivity index (χ2n) is 5.65.